The van der Waals surface area contributed by atoms with E-state index in [2.05, 4.69) is 0 Å². The summed E-state index contributed by atoms with van der Waals surface area (Å²) in [6.07, 6.45) is 1.55. The van der Waals surface area contributed by atoms with E-state index in [9.17, 15) is 13.2 Å². The lowest BCUT2D eigenvalue weighted by atomic mass is 9.96. The van der Waals surface area contributed by atoms with E-state index in [1.54, 1.807) is 0 Å². The Bertz CT molecular complexity index is 403. The first-order valence-electron chi connectivity index (χ1n) is 6.35. The monoisotopic (exact) mass is 276 g/mol. The van der Waals surface area contributed by atoms with Crippen molar-refractivity contribution in [1.82, 2.24) is 8.61 Å². The molecule has 104 valence electrons. The van der Waals surface area contributed by atoms with Crippen LogP contribution in [0.5, 0.6) is 0 Å². The average Bonchev–Trinajstić information content (AvgIpc) is 2.40. The van der Waals surface area contributed by atoms with Crippen LogP contribution in [0, 0.1) is 5.92 Å². The number of morpholine rings is 1. The van der Waals surface area contributed by atoms with Crippen molar-refractivity contribution in [3.05, 3.63) is 0 Å². The Kier molecular flexibility index (Phi) is 4.37. The van der Waals surface area contributed by atoms with Gasteiger partial charge in [0.05, 0.1) is 13.2 Å². The molecule has 0 amide bonds. The lowest BCUT2D eigenvalue weighted by Crippen LogP contribution is -2.51. The van der Waals surface area contributed by atoms with E-state index in [0.717, 1.165) is 12.8 Å². The quantitative estimate of drug-likeness (QED) is 0.720. The van der Waals surface area contributed by atoms with Gasteiger partial charge in [0.25, 0.3) is 10.2 Å². The highest BCUT2D eigenvalue weighted by atomic mass is 32.2. The molecule has 0 spiro atoms. The molecular formula is C11H20N2O4S. The van der Waals surface area contributed by atoms with Crippen molar-refractivity contribution in [2.45, 2.75) is 19.8 Å². The van der Waals surface area contributed by atoms with Crippen molar-refractivity contribution < 1.29 is 17.9 Å². The summed E-state index contributed by atoms with van der Waals surface area (Å²) in [6.45, 7) is 4.09. The predicted octanol–water partition coefficient (Wildman–Crippen LogP) is -0.136. The van der Waals surface area contributed by atoms with Crippen molar-refractivity contribution >= 4 is 16.0 Å². The van der Waals surface area contributed by atoms with Gasteiger partial charge in [0.2, 0.25) is 0 Å². The normalized spacial score (nSPS) is 28.2. The molecule has 2 rings (SSSR count). The molecule has 0 aromatic carbocycles. The van der Waals surface area contributed by atoms with Gasteiger partial charge in [0.1, 0.15) is 5.78 Å². The molecule has 0 N–H and O–H groups in total. The van der Waals surface area contributed by atoms with Crippen LogP contribution in [0.15, 0.2) is 0 Å². The number of hydrogen-bond donors (Lipinski definition) is 0. The van der Waals surface area contributed by atoms with Crippen molar-refractivity contribution in [3.63, 3.8) is 0 Å². The van der Waals surface area contributed by atoms with E-state index in [1.807, 2.05) is 0 Å². The van der Waals surface area contributed by atoms with E-state index in [4.69, 9.17) is 4.74 Å². The van der Waals surface area contributed by atoms with Crippen molar-refractivity contribution in [2.75, 3.05) is 39.4 Å². The third kappa shape index (κ3) is 2.90. The number of carbonyl (C=O) groups excluding carboxylic acids is 1. The zero-order valence-corrected chi connectivity index (χ0v) is 11.5. The minimum absolute atomic E-state index is 0.0804. The van der Waals surface area contributed by atoms with Gasteiger partial charge in [0.15, 0.2) is 0 Å². The Morgan fingerprint density at radius 3 is 2.44 bits per heavy atom. The smallest absolute Gasteiger partial charge is 0.282 e. The number of nitrogens with zero attached hydrogens (tertiary/aromatic N) is 2. The third-order valence-electron chi connectivity index (χ3n) is 3.58. The Morgan fingerprint density at radius 2 is 1.83 bits per heavy atom. The van der Waals surface area contributed by atoms with Gasteiger partial charge in [-0.2, -0.15) is 17.0 Å². The van der Waals surface area contributed by atoms with Crippen LogP contribution in [-0.4, -0.2) is 62.2 Å². The zero-order valence-electron chi connectivity index (χ0n) is 10.7. The van der Waals surface area contributed by atoms with Crippen LogP contribution < -0.4 is 0 Å². The Balaban J connectivity index is 2.06. The number of hydrogen-bond acceptors (Lipinski definition) is 4. The molecule has 2 aliphatic rings. The molecule has 0 bridgehead atoms. The molecule has 2 heterocycles. The first-order valence-corrected chi connectivity index (χ1v) is 7.75. The number of piperidine rings is 1. The maximum Gasteiger partial charge on any atom is 0.282 e. The summed E-state index contributed by atoms with van der Waals surface area (Å²) in [5.41, 5.74) is 0. The van der Waals surface area contributed by atoms with Crippen LogP contribution in [0.4, 0.5) is 0 Å². The zero-order chi connectivity index (χ0) is 13.2. The molecule has 2 saturated heterocycles. The van der Waals surface area contributed by atoms with Crippen LogP contribution >= 0.6 is 0 Å². The van der Waals surface area contributed by atoms with Gasteiger partial charge in [-0.3, -0.25) is 4.79 Å². The highest BCUT2D eigenvalue weighted by Gasteiger charge is 2.35. The topological polar surface area (TPSA) is 66.9 Å². The van der Waals surface area contributed by atoms with Crippen LogP contribution in [0.25, 0.3) is 0 Å². The molecule has 0 aliphatic carbocycles. The fourth-order valence-electron chi connectivity index (χ4n) is 2.42. The van der Waals surface area contributed by atoms with Gasteiger partial charge in [-0.05, 0) is 19.8 Å². The summed E-state index contributed by atoms with van der Waals surface area (Å²) in [5, 5.41) is 0. The second-order valence-corrected chi connectivity index (χ2v) is 6.76. The third-order valence-corrected chi connectivity index (χ3v) is 5.58. The molecule has 2 fully saturated rings. The standard InChI is InChI=1S/C11H20N2O4S/c1-10(14)11-3-2-4-13(9-11)18(15,16)12-5-7-17-8-6-12/h11H,2-9H2,1H3. The molecule has 6 nitrogen and oxygen atoms in total. The minimum atomic E-state index is -3.42. The van der Waals surface area contributed by atoms with Gasteiger partial charge < -0.3 is 4.74 Å². The summed E-state index contributed by atoms with van der Waals surface area (Å²) in [4.78, 5) is 11.4. The van der Waals surface area contributed by atoms with Gasteiger partial charge in [-0.1, -0.05) is 0 Å². The van der Waals surface area contributed by atoms with Crippen molar-refractivity contribution in [1.29, 1.82) is 0 Å². The largest absolute Gasteiger partial charge is 0.379 e. The number of rotatable bonds is 3. The van der Waals surface area contributed by atoms with E-state index < -0.39 is 10.2 Å². The van der Waals surface area contributed by atoms with Crippen molar-refractivity contribution in [3.8, 4) is 0 Å². The SMILES string of the molecule is CC(=O)C1CCCN(S(=O)(=O)N2CCOCC2)C1. The van der Waals surface area contributed by atoms with Crippen molar-refractivity contribution in [2.24, 2.45) is 5.92 Å². The summed E-state index contributed by atoms with van der Waals surface area (Å²) >= 11 is 0. The number of ketones is 1. The van der Waals surface area contributed by atoms with E-state index in [-0.39, 0.29) is 11.7 Å². The number of carbonyl (C=O) groups is 1. The van der Waals surface area contributed by atoms with Gasteiger partial charge in [-0.25, -0.2) is 0 Å². The number of ether oxygens (including phenoxy) is 1. The first kappa shape index (κ1) is 13.9. The summed E-state index contributed by atoms with van der Waals surface area (Å²) < 4.78 is 32.9. The Morgan fingerprint density at radius 1 is 1.17 bits per heavy atom. The van der Waals surface area contributed by atoms with Gasteiger partial charge in [0, 0.05) is 32.1 Å². The van der Waals surface area contributed by atoms with Gasteiger partial charge in [-0.15, -0.1) is 0 Å². The first-order chi connectivity index (χ1) is 8.51. The molecule has 1 unspecified atom stereocenters. The second kappa shape index (κ2) is 5.64. The van der Waals surface area contributed by atoms with Gasteiger partial charge >= 0.3 is 0 Å². The van der Waals surface area contributed by atoms with Crippen LogP contribution in [0.3, 0.4) is 0 Å². The Labute approximate surface area is 108 Å². The molecule has 0 aromatic rings. The summed E-state index contributed by atoms with van der Waals surface area (Å²) in [6, 6.07) is 0. The van der Waals surface area contributed by atoms with E-state index >= 15 is 0 Å². The molecule has 2 aliphatic heterocycles. The van der Waals surface area contributed by atoms with Crippen LogP contribution in [0.2, 0.25) is 0 Å². The van der Waals surface area contributed by atoms with E-state index in [0.29, 0.717) is 39.4 Å². The maximum absolute atomic E-state index is 12.4. The average molecular weight is 276 g/mol. The maximum atomic E-state index is 12.4. The lowest BCUT2D eigenvalue weighted by Gasteiger charge is -2.36. The fraction of sp³-hybridized carbons (Fsp3) is 0.909. The van der Waals surface area contributed by atoms with Crippen LogP contribution in [-0.2, 0) is 19.7 Å². The summed E-state index contributed by atoms with van der Waals surface area (Å²) in [7, 11) is -3.42. The molecule has 0 radical (unpaired) electrons. The lowest BCUT2D eigenvalue weighted by molar-refractivity contribution is -0.121. The highest BCUT2D eigenvalue weighted by molar-refractivity contribution is 7.86. The molecular weight excluding hydrogens is 256 g/mol. The fourth-order valence-corrected chi connectivity index (χ4v) is 4.09. The second-order valence-electron chi connectivity index (χ2n) is 4.83. The predicted molar refractivity (Wildman–Crippen MR) is 66.3 cm³/mol. The Hall–Kier alpha value is -0.500. The minimum Gasteiger partial charge on any atom is -0.379 e. The van der Waals surface area contributed by atoms with E-state index in [1.165, 1.54) is 15.5 Å². The highest BCUT2D eigenvalue weighted by Crippen LogP contribution is 2.22. The molecule has 0 saturated carbocycles. The molecule has 0 aromatic heterocycles. The number of Topliss-reactive ketones (excluding diaryl/α,β-unsaturated/α-hetero) is 1. The van der Waals surface area contributed by atoms with Crippen LogP contribution in [0.1, 0.15) is 19.8 Å². The summed E-state index contributed by atoms with van der Waals surface area (Å²) in [5.74, 6) is -0.0635. The molecule has 7 heteroatoms. The molecule has 18 heavy (non-hydrogen) atoms. The molecule has 1 atom stereocenters.